The maximum absolute atomic E-state index is 13.2. The van der Waals surface area contributed by atoms with Crippen LogP contribution in [0.3, 0.4) is 0 Å². The van der Waals surface area contributed by atoms with E-state index in [0.29, 0.717) is 0 Å². The third-order valence-electron chi connectivity index (χ3n) is 6.80. The molecule has 0 aliphatic heterocycles. The molecule has 2 aromatic carbocycles. The number of benzene rings is 2. The molecule has 0 saturated carbocycles. The van der Waals surface area contributed by atoms with E-state index >= 15 is 0 Å². The largest absolute Gasteiger partial charge is 0.368 e. The molecule has 224 valence electrons. The van der Waals surface area contributed by atoms with Gasteiger partial charge in [-0.3, -0.25) is 24.0 Å². The number of H-pyrrole nitrogens is 1. The summed E-state index contributed by atoms with van der Waals surface area (Å²) in [5.41, 5.74) is 19.7. The second-order valence-electron chi connectivity index (χ2n) is 10.7. The van der Waals surface area contributed by atoms with Crippen LogP contribution in [0.5, 0.6) is 0 Å². The Balaban J connectivity index is 1.63. The Morgan fingerprint density at radius 2 is 1.38 bits per heavy atom. The van der Waals surface area contributed by atoms with E-state index in [1.807, 2.05) is 44.2 Å². The number of nitrogens with one attached hydrogen (secondary N) is 4. The fourth-order valence-electron chi connectivity index (χ4n) is 4.62. The van der Waals surface area contributed by atoms with Gasteiger partial charge in [-0.15, -0.1) is 0 Å². The molecular formula is C30H39N7O5. The smallest absolute Gasteiger partial charge is 0.243 e. The summed E-state index contributed by atoms with van der Waals surface area (Å²) in [5.74, 6) is -3.65. The van der Waals surface area contributed by atoms with Gasteiger partial charge in [-0.05, 0) is 36.0 Å². The lowest BCUT2D eigenvalue weighted by molar-refractivity contribution is -0.134. The quantitative estimate of drug-likeness (QED) is 0.133. The van der Waals surface area contributed by atoms with Gasteiger partial charge in [0.05, 0.1) is 12.5 Å². The van der Waals surface area contributed by atoms with Gasteiger partial charge in [-0.1, -0.05) is 62.4 Å². The van der Waals surface area contributed by atoms with Crippen LogP contribution in [0.1, 0.15) is 37.8 Å². The highest BCUT2D eigenvalue weighted by Crippen LogP contribution is 2.19. The molecule has 1 aromatic heterocycles. The van der Waals surface area contributed by atoms with Gasteiger partial charge in [0.25, 0.3) is 0 Å². The fourth-order valence-corrected chi connectivity index (χ4v) is 4.62. The Hall–Kier alpha value is -4.71. The lowest BCUT2D eigenvalue weighted by Gasteiger charge is -2.24. The molecular weight excluding hydrogens is 538 g/mol. The average molecular weight is 578 g/mol. The van der Waals surface area contributed by atoms with Crippen LogP contribution in [-0.4, -0.2) is 58.7 Å². The monoisotopic (exact) mass is 577 g/mol. The Bertz CT molecular complexity index is 1410. The van der Waals surface area contributed by atoms with E-state index in [1.165, 1.54) is 0 Å². The van der Waals surface area contributed by atoms with E-state index in [-0.39, 0.29) is 25.2 Å². The van der Waals surface area contributed by atoms with Crippen molar-refractivity contribution in [3.8, 4) is 0 Å². The molecule has 5 amide bonds. The number of carbonyl (C=O) groups is 5. The number of rotatable bonds is 15. The topological polar surface area (TPSA) is 215 Å². The van der Waals surface area contributed by atoms with Gasteiger partial charge in [0, 0.05) is 23.5 Å². The molecule has 4 atom stereocenters. The average Bonchev–Trinajstić information content (AvgIpc) is 3.34. The van der Waals surface area contributed by atoms with Crippen molar-refractivity contribution in [1.82, 2.24) is 20.9 Å². The van der Waals surface area contributed by atoms with E-state index in [0.717, 1.165) is 22.0 Å². The number of nitrogens with two attached hydrogens (primary N) is 3. The summed E-state index contributed by atoms with van der Waals surface area (Å²) in [5, 5.41) is 8.60. The first kappa shape index (κ1) is 31.8. The van der Waals surface area contributed by atoms with E-state index in [4.69, 9.17) is 17.2 Å². The molecule has 12 nitrogen and oxygen atoms in total. The SMILES string of the molecule is CC(C)C[C@H](NC(=O)[C@@H](N)Cc1c[nH]c2ccccc12)C(=O)N[C@@H](CC(=O)N[C@@H](Cc1ccccc1)C(N)=O)C(N)=O. The minimum Gasteiger partial charge on any atom is -0.368 e. The molecule has 12 heteroatoms. The van der Waals surface area contributed by atoms with Gasteiger partial charge in [0.1, 0.15) is 18.1 Å². The highest BCUT2D eigenvalue weighted by Gasteiger charge is 2.30. The number of aromatic nitrogens is 1. The number of primary amides is 2. The summed E-state index contributed by atoms with van der Waals surface area (Å²) in [6.45, 7) is 3.74. The third kappa shape index (κ3) is 9.16. The Morgan fingerprint density at radius 3 is 2.02 bits per heavy atom. The van der Waals surface area contributed by atoms with Crippen molar-refractivity contribution in [2.24, 2.45) is 23.1 Å². The van der Waals surface area contributed by atoms with Gasteiger partial charge in [0.15, 0.2) is 0 Å². The Morgan fingerprint density at radius 1 is 0.762 bits per heavy atom. The van der Waals surface area contributed by atoms with Crippen molar-refractivity contribution in [3.63, 3.8) is 0 Å². The van der Waals surface area contributed by atoms with Crippen LogP contribution in [0, 0.1) is 5.92 Å². The van der Waals surface area contributed by atoms with Crippen molar-refractivity contribution < 1.29 is 24.0 Å². The first-order chi connectivity index (χ1) is 19.9. The zero-order chi connectivity index (χ0) is 30.8. The van der Waals surface area contributed by atoms with E-state index < -0.39 is 60.1 Å². The second-order valence-corrected chi connectivity index (χ2v) is 10.7. The lowest BCUT2D eigenvalue weighted by atomic mass is 10.0. The van der Waals surface area contributed by atoms with E-state index in [9.17, 15) is 24.0 Å². The molecule has 0 aliphatic rings. The fraction of sp³-hybridized carbons (Fsp3) is 0.367. The van der Waals surface area contributed by atoms with Crippen LogP contribution in [0.4, 0.5) is 0 Å². The minimum absolute atomic E-state index is 0.00414. The maximum atomic E-state index is 13.2. The molecule has 3 aromatic rings. The Labute approximate surface area is 244 Å². The summed E-state index contributed by atoms with van der Waals surface area (Å²) in [6.07, 6.45) is 1.90. The van der Waals surface area contributed by atoms with Crippen molar-refractivity contribution in [3.05, 3.63) is 71.9 Å². The highest BCUT2D eigenvalue weighted by atomic mass is 16.2. The number of fused-ring (bicyclic) bond motifs is 1. The van der Waals surface area contributed by atoms with Crippen LogP contribution in [-0.2, 0) is 36.8 Å². The highest BCUT2D eigenvalue weighted by molar-refractivity contribution is 5.95. The summed E-state index contributed by atoms with van der Waals surface area (Å²) < 4.78 is 0. The number of carbonyl (C=O) groups excluding carboxylic acids is 5. The Kier molecular flexibility index (Phi) is 11.2. The molecule has 1 heterocycles. The zero-order valence-corrected chi connectivity index (χ0v) is 23.8. The molecule has 10 N–H and O–H groups in total. The molecule has 3 rings (SSSR count). The van der Waals surface area contributed by atoms with Crippen LogP contribution < -0.4 is 33.2 Å². The number of amides is 5. The molecule has 0 unspecified atom stereocenters. The molecule has 0 spiro atoms. The molecule has 0 radical (unpaired) electrons. The zero-order valence-electron chi connectivity index (χ0n) is 23.8. The molecule has 0 saturated heterocycles. The predicted octanol–water partition coefficient (Wildman–Crippen LogP) is 0.142. The normalized spacial score (nSPS) is 14.0. The maximum Gasteiger partial charge on any atom is 0.243 e. The first-order valence-corrected chi connectivity index (χ1v) is 13.8. The van der Waals surface area contributed by atoms with Crippen LogP contribution in [0.15, 0.2) is 60.8 Å². The second kappa shape index (κ2) is 14.8. The van der Waals surface area contributed by atoms with Crippen LogP contribution in [0.2, 0.25) is 0 Å². The van der Waals surface area contributed by atoms with Crippen LogP contribution in [0.25, 0.3) is 10.9 Å². The van der Waals surface area contributed by atoms with Gasteiger partial charge in [-0.2, -0.15) is 0 Å². The number of hydrogen-bond donors (Lipinski definition) is 7. The number of para-hydroxylation sites is 1. The standard InChI is InChI=1S/C30H39N7O5/c1-17(2)12-25(37-29(41)21(31)14-19-16-34-22-11-7-6-10-20(19)22)30(42)36-24(28(33)40)15-26(38)35-23(27(32)39)13-18-8-4-3-5-9-18/h3-11,16-17,21,23-25,34H,12-15,31H2,1-2H3,(H2,32,39)(H2,33,40)(H,35,38)(H,36,42)(H,37,41)/t21-,23-,24-,25-/m0/s1. The van der Waals surface area contributed by atoms with E-state index in [2.05, 4.69) is 20.9 Å². The first-order valence-electron chi connectivity index (χ1n) is 13.8. The van der Waals surface area contributed by atoms with Crippen molar-refractivity contribution in [2.45, 2.75) is 63.7 Å². The summed E-state index contributed by atoms with van der Waals surface area (Å²) in [6, 6.07) is 12.2. The van der Waals surface area contributed by atoms with Crippen molar-refractivity contribution in [2.75, 3.05) is 0 Å². The number of aromatic amines is 1. The molecule has 42 heavy (non-hydrogen) atoms. The van der Waals surface area contributed by atoms with Gasteiger partial charge < -0.3 is 38.1 Å². The third-order valence-corrected chi connectivity index (χ3v) is 6.80. The molecule has 0 fully saturated rings. The molecule has 0 bridgehead atoms. The molecule has 0 aliphatic carbocycles. The summed E-state index contributed by atoms with van der Waals surface area (Å²) >= 11 is 0. The minimum atomic E-state index is -1.39. The van der Waals surface area contributed by atoms with Crippen molar-refractivity contribution in [1.29, 1.82) is 0 Å². The van der Waals surface area contributed by atoms with Gasteiger partial charge in [-0.25, -0.2) is 0 Å². The van der Waals surface area contributed by atoms with Gasteiger partial charge in [0.2, 0.25) is 29.5 Å². The van der Waals surface area contributed by atoms with Gasteiger partial charge >= 0.3 is 0 Å². The van der Waals surface area contributed by atoms with Crippen molar-refractivity contribution >= 4 is 40.4 Å². The predicted molar refractivity (Wildman–Crippen MR) is 158 cm³/mol. The summed E-state index contributed by atoms with van der Waals surface area (Å²) in [4.78, 5) is 66.2. The lowest BCUT2D eigenvalue weighted by Crippen LogP contribution is -2.57. The summed E-state index contributed by atoms with van der Waals surface area (Å²) in [7, 11) is 0. The van der Waals surface area contributed by atoms with E-state index in [1.54, 1.807) is 30.5 Å². The van der Waals surface area contributed by atoms with Crippen LogP contribution >= 0.6 is 0 Å². The number of hydrogen-bond acceptors (Lipinski definition) is 6.